The second kappa shape index (κ2) is 8.14. The molecular formula is C20H28N4O4S2. The third-order valence-electron chi connectivity index (χ3n) is 5.56. The van der Waals surface area contributed by atoms with Gasteiger partial charge < -0.3 is 10.1 Å². The molecule has 1 amide bonds. The first-order valence-electron chi connectivity index (χ1n) is 10.3. The van der Waals surface area contributed by atoms with E-state index in [9.17, 15) is 13.2 Å². The Bertz CT molecular complexity index is 1070. The molecular weight excluding hydrogens is 424 g/mol. The quantitative estimate of drug-likeness (QED) is 0.722. The van der Waals surface area contributed by atoms with Crippen LogP contribution < -0.4 is 5.32 Å². The van der Waals surface area contributed by atoms with Crippen LogP contribution in [0.5, 0.6) is 0 Å². The van der Waals surface area contributed by atoms with Gasteiger partial charge in [-0.05, 0) is 46.1 Å². The number of ether oxygens (including phenoxy) is 1. The van der Waals surface area contributed by atoms with E-state index >= 15 is 0 Å². The lowest BCUT2D eigenvalue weighted by atomic mass is 10.1. The standard InChI is InChI=1S/C20H28N4O4S2/c1-11-9-24(10-12(2)28-11)30(26,27)8-7-21-19(25)17-13(3)16-14(4)22-18(15-5-6-15)23-20(16)29-17/h11-12,15H,5-10H2,1-4H3,(H,21,25). The molecule has 2 aromatic heterocycles. The average Bonchev–Trinajstić information content (AvgIpc) is 3.44. The van der Waals surface area contributed by atoms with Gasteiger partial charge in [0.15, 0.2) is 0 Å². The fraction of sp³-hybridized carbons (Fsp3) is 0.650. The van der Waals surface area contributed by atoms with Crippen molar-refractivity contribution >= 4 is 37.5 Å². The number of carbonyl (C=O) groups is 1. The largest absolute Gasteiger partial charge is 0.373 e. The molecule has 0 radical (unpaired) electrons. The molecule has 2 unspecified atom stereocenters. The van der Waals surface area contributed by atoms with E-state index in [-0.39, 0.29) is 30.4 Å². The van der Waals surface area contributed by atoms with Gasteiger partial charge in [-0.25, -0.2) is 18.4 Å². The van der Waals surface area contributed by atoms with E-state index in [4.69, 9.17) is 4.74 Å². The molecule has 2 aromatic rings. The zero-order valence-corrected chi connectivity index (χ0v) is 19.4. The van der Waals surface area contributed by atoms with Gasteiger partial charge in [-0.2, -0.15) is 4.31 Å². The molecule has 2 aliphatic rings. The number of amides is 1. The molecule has 164 valence electrons. The van der Waals surface area contributed by atoms with Crippen LogP contribution in [-0.4, -0.2) is 66.2 Å². The van der Waals surface area contributed by atoms with Crippen LogP contribution in [0, 0.1) is 13.8 Å². The molecule has 30 heavy (non-hydrogen) atoms. The molecule has 0 spiro atoms. The van der Waals surface area contributed by atoms with Crippen molar-refractivity contribution in [1.29, 1.82) is 0 Å². The predicted molar refractivity (Wildman–Crippen MR) is 117 cm³/mol. The summed E-state index contributed by atoms with van der Waals surface area (Å²) in [7, 11) is -3.46. The number of fused-ring (bicyclic) bond motifs is 1. The summed E-state index contributed by atoms with van der Waals surface area (Å²) in [6.45, 7) is 8.33. The smallest absolute Gasteiger partial charge is 0.261 e. The molecule has 1 saturated heterocycles. The number of nitrogens with zero attached hydrogens (tertiary/aromatic N) is 3. The minimum atomic E-state index is -3.46. The molecule has 1 aliphatic carbocycles. The van der Waals surface area contributed by atoms with Gasteiger partial charge in [-0.1, -0.05) is 0 Å². The topological polar surface area (TPSA) is 101 Å². The van der Waals surface area contributed by atoms with E-state index in [2.05, 4.69) is 15.3 Å². The normalized spacial score (nSPS) is 23.1. The predicted octanol–water partition coefficient (Wildman–Crippen LogP) is 2.35. The molecule has 3 heterocycles. The maximum Gasteiger partial charge on any atom is 0.261 e. The number of aryl methyl sites for hydroxylation is 2. The minimum Gasteiger partial charge on any atom is -0.373 e. The van der Waals surface area contributed by atoms with Crippen LogP contribution >= 0.6 is 11.3 Å². The molecule has 1 N–H and O–H groups in total. The molecule has 2 atom stereocenters. The molecule has 0 aromatic carbocycles. The van der Waals surface area contributed by atoms with Crippen LogP contribution in [0.1, 0.15) is 59.4 Å². The summed E-state index contributed by atoms with van der Waals surface area (Å²) in [5, 5.41) is 3.70. The Morgan fingerprint density at radius 1 is 1.20 bits per heavy atom. The number of morpholine rings is 1. The fourth-order valence-corrected chi connectivity index (χ4v) is 6.61. The molecule has 4 rings (SSSR count). The van der Waals surface area contributed by atoms with Crippen molar-refractivity contribution in [2.45, 2.75) is 58.7 Å². The van der Waals surface area contributed by atoms with Crippen LogP contribution in [0.2, 0.25) is 0 Å². The number of carbonyl (C=O) groups excluding carboxylic acids is 1. The van der Waals surface area contributed by atoms with Crippen molar-refractivity contribution in [2.24, 2.45) is 0 Å². The third-order valence-corrected chi connectivity index (χ3v) is 8.55. The number of hydrogen-bond donors (Lipinski definition) is 1. The zero-order chi connectivity index (χ0) is 21.6. The summed E-state index contributed by atoms with van der Waals surface area (Å²) in [4.78, 5) is 23.5. The van der Waals surface area contributed by atoms with E-state index in [1.165, 1.54) is 15.6 Å². The van der Waals surface area contributed by atoms with Crippen molar-refractivity contribution in [2.75, 3.05) is 25.4 Å². The number of hydrogen-bond acceptors (Lipinski definition) is 7. The van der Waals surface area contributed by atoms with Gasteiger partial charge in [-0.15, -0.1) is 11.3 Å². The second-order valence-electron chi connectivity index (χ2n) is 8.32. The Morgan fingerprint density at radius 2 is 1.87 bits per heavy atom. The number of sulfonamides is 1. The van der Waals surface area contributed by atoms with E-state index in [1.54, 1.807) is 0 Å². The van der Waals surface area contributed by atoms with Crippen molar-refractivity contribution in [1.82, 2.24) is 19.6 Å². The van der Waals surface area contributed by atoms with Gasteiger partial charge in [0, 0.05) is 30.9 Å². The lowest BCUT2D eigenvalue weighted by Crippen LogP contribution is -2.49. The number of nitrogens with one attached hydrogen (secondary N) is 1. The molecule has 2 fully saturated rings. The van der Waals surface area contributed by atoms with Crippen molar-refractivity contribution in [3.63, 3.8) is 0 Å². The van der Waals surface area contributed by atoms with E-state index in [0.29, 0.717) is 23.9 Å². The lowest BCUT2D eigenvalue weighted by Gasteiger charge is -2.34. The maximum absolute atomic E-state index is 12.8. The van der Waals surface area contributed by atoms with Crippen LogP contribution in [0.3, 0.4) is 0 Å². The second-order valence-corrected chi connectivity index (χ2v) is 11.4. The SMILES string of the molecule is Cc1nc(C2CC2)nc2sc(C(=O)NCCS(=O)(=O)N3CC(C)OC(C)C3)c(C)c12. The highest BCUT2D eigenvalue weighted by Gasteiger charge is 2.31. The van der Waals surface area contributed by atoms with Gasteiger partial charge in [0.1, 0.15) is 10.7 Å². The highest BCUT2D eigenvalue weighted by molar-refractivity contribution is 7.89. The van der Waals surface area contributed by atoms with Crippen molar-refractivity contribution in [3.8, 4) is 0 Å². The van der Waals surface area contributed by atoms with E-state index in [1.807, 2.05) is 27.7 Å². The molecule has 8 nitrogen and oxygen atoms in total. The molecule has 0 bridgehead atoms. The Kier molecular flexibility index (Phi) is 5.86. The summed E-state index contributed by atoms with van der Waals surface area (Å²) >= 11 is 1.35. The maximum atomic E-state index is 12.8. The van der Waals surface area contributed by atoms with Crippen molar-refractivity contribution in [3.05, 3.63) is 22.0 Å². The molecule has 1 aliphatic heterocycles. The number of thiophene rings is 1. The summed E-state index contributed by atoms with van der Waals surface area (Å²) < 4.78 is 32.4. The summed E-state index contributed by atoms with van der Waals surface area (Å²) in [6, 6.07) is 0. The lowest BCUT2D eigenvalue weighted by molar-refractivity contribution is -0.0440. The zero-order valence-electron chi connectivity index (χ0n) is 17.8. The van der Waals surface area contributed by atoms with Crippen LogP contribution in [-0.2, 0) is 14.8 Å². The van der Waals surface area contributed by atoms with Crippen LogP contribution in [0.4, 0.5) is 0 Å². The fourth-order valence-electron chi connectivity index (χ4n) is 3.96. The number of aromatic nitrogens is 2. The van der Waals surface area contributed by atoms with Gasteiger partial charge in [0.2, 0.25) is 10.0 Å². The Balaban J connectivity index is 1.43. The Hall–Kier alpha value is -1.62. The summed E-state index contributed by atoms with van der Waals surface area (Å²) in [5.74, 6) is 0.922. The first kappa shape index (κ1) is 21.6. The highest BCUT2D eigenvalue weighted by Crippen LogP contribution is 2.40. The first-order chi connectivity index (χ1) is 14.2. The van der Waals surface area contributed by atoms with Crippen LogP contribution in [0.15, 0.2) is 0 Å². The van der Waals surface area contributed by atoms with Gasteiger partial charge in [0.25, 0.3) is 5.91 Å². The molecule has 1 saturated carbocycles. The van der Waals surface area contributed by atoms with Gasteiger partial charge in [0.05, 0.1) is 28.5 Å². The average molecular weight is 453 g/mol. The third kappa shape index (κ3) is 4.37. The van der Waals surface area contributed by atoms with Gasteiger partial charge >= 0.3 is 0 Å². The monoisotopic (exact) mass is 452 g/mol. The van der Waals surface area contributed by atoms with E-state index in [0.717, 1.165) is 40.1 Å². The molecule has 10 heteroatoms. The van der Waals surface area contributed by atoms with Crippen molar-refractivity contribution < 1.29 is 17.9 Å². The van der Waals surface area contributed by atoms with E-state index < -0.39 is 10.0 Å². The first-order valence-corrected chi connectivity index (χ1v) is 12.8. The van der Waals surface area contributed by atoms with Gasteiger partial charge in [-0.3, -0.25) is 4.79 Å². The summed E-state index contributed by atoms with van der Waals surface area (Å²) in [6.07, 6.45) is 1.98. The summed E-state index contributed by atoms with van der Waals surface area (Å²) in [5.41, 5.74) is 1.75. The van der Waals surface area contributed by atoms with Crippen LogP contribution in [0.25, 0.3) is 10.2 Å². The highest BCUT2D eigenvalue weighted by atomic mass is 32.2. The number of rotatable bonds is 6. The Labute approximate surface area is 181 Å². The minimum absolute atomic E-state index is 0.0625. The Morgan fingerprint density at radius 3 is 2.50 bits per heavy atom.